The van der Waals surface area contributed by atoms with E-state index in [-0.39, 0.29) is 0 Å². The lowest BCUT2D eigenvalue weighted by Crippen LogP contribution is -2.07. The normalized spacial score (nSPS) is 45.6. The maximum Gasteiger partial charge on any atom is 0.0217 e. The first-order chi connectivity index (χ1) is 5.36. The van der Waals surface area contributed by atoms with Crippen molar-refractivity contribution in [2.24, 2.45) is 16.7 Å². The molecule has 0 saturated heterocycles. The summed E-state index contributed by atoms with van der Waals surface area (Å²) in [5.41, 5.74) is 0.925. The predicted molar refractivity (Wildman–Crippen MR) is 56.2 cm³/mol. The van der Waals surface area contributed by atoms with E-state index < -0.39 is 0 Å². The minimum Gasteiger partial charge on any atom is -0.126 e. The Morgan fingerprint density at radius 1 is 1.42 bits per heavy atom. The average molecular weight is 182 g/mol. The summed E-state index contributed by atoms with van der Waals surface area (Å²) in [4.78, 5) is 1.60. The first kappa shape index (κ1) is 8.68. The number of fused-ring (bicyclic) bond motifs is 1. The fourth-order valence-electron chi connectivity index (χ4n) is 1.99. The van der Waals surface area contributed by atoms with Crippen molar-refractivity contribution >= 4 is 11.8 Å². The fraction of sp³-hybridized carbons (Fsp3) is 0.818. The molecule has 1 aliphatic carbocycles. The van der Waals surface area contributed by atoms with Gasteiger partial charge in [-0.3, -0.25) is 0 Å². The molecule has 12 heavy (non-hydrogen) atoms. The Morgan fingerprint density at radius 2 is 2.00 bits per heavy atom. The number of allylic oxidation sites excluding steroid dienone is 2. The highest BCUT2D eigenvalue weighted by Crippen LogP contribution is 2.69. The number of thioether (sulfide) groups is 1. The van der Waals surface area contributed by atoms with Crippen LogP contribution in [0.15, 0.2) is 11.0 Å². The van der Waals surface area contributed by atoms with Gasteiger partial charge in [-0.15, -0.1) is 11.8 Å². The molecule has 2 aliphatic rings. The molecule has 0 aromatic rings. The maximum absolute atomic E-state index is 2.52. The third kappa shape index (κ3) is 0.985. The standard InChI is InChI=1S/C11H18S/c1-7-9-11(7,5)6-8(12-9)10(2,3)4/h6-7,9H,1-5H3/t7-,9-,11-/m1/s1. The Morgan fingerprint density at radius 3 is 2.33 bits per heavy atom. The van der Waals surface area contributed by atoms with Gasteiger partial charge in [0.2, 0.25) is 0 Å². The van der Waals surface area contributed by atoms with Gasteiger partial charge in [-0.25, -0.2) is 0 Å². The van der Waals surface area contributed by atoms with Crippen LogP contribution < -0.4 is 0 Å². The molecule has 0 amide bonds. The van der Waals surface area contributed by atoms with E-state index in [4.69, 9.17) is 0 Å². The molecule has 3 atom stereocenters. The average Bonchev–Trinajstić information content (AvgIpc) is 2.34. The van der Waals surface area contributed by atoms with Crippen LogP contribution in [0.2, 0.25) is 0 Å². The van der Waals surface area contributed by atoms with Crippen molar-refractivity contribution < 1.29 is 0 Å². The lowest BCUT2D eigenvalue weighted by atomic mass is 9.93. The van der Waals surface area contributed by atoms with Gasteiger partial charge in [0.25, 0.3) is 0 Å². The highest BCUT2D eigenvalue weighted by molar-refractivity contribution is 8.04. The molecule has 2 rings (SSSR count). The smallest absolute Gasteiger partial charge is 0.0217 e. The first-order valence-electron chi connectivity index (χ1n) is 4.76. The second-order valence-electron chi connectivity index (χ2n) is 5.45. The lowest BCUT2D eigenvalue weighted by Gasteiger charge is -2.21. The molecule has 0 unspecified atom stereocenters. The predicted octanol–water partition coefficient (Wildman–Crippen LogP) is 3.69. The minimum atomic E-state index is 0.376. The Kier molecular flexibility index (Phi) is 1.53. The Bertz CT molecular complexity index is 246. The number of hydrogen-bond donors (Lipinski definition) is 0. The summed E-state index contributed by atoms with van der Waals surface area (Å²) < 4.78 is 0. The van der Waals surface area contributed by atoms with Crippen LogP contribution in [0.25, 0.3) is 0 Å². The van der Waals surface area contributed by atoms with Crippen molar-refractivity contribution in [1.82, 2.24) is 0 Å². The van der Waals surface area contributed by atoms with Gasteiger partial charge < -0.3 is 0 Å². The molecule has 1 saturated carbocycles. The number of rotatable bonds is 0. The largest absolute Gasteiger partial charge is 0.126 e. The van der Waals surface area contributed by atoms with E-state index in [0.29, 0.717) is 10.8 Å². The molecule has 1 aliphatic heterocycles. The summed E-state index contributed by atoms with van der Waals surface area (Å²) in [6.45, 7) is 11.7. The van der Waals surface area contributed by atoms with Gasteiger partial charge in [0.15, 0.2) is 0 Å². The highest BCUT2D eigenvalue weighted by Gasteiger charge is 2.61. The molecule has 0 bridgehead atoms. The summed E-state index contributed by atoms with van der Waals surface area (Å²) in [6, 6.07) is 0. The van der Waals surface area contributed by atoms with Crippen molar-refractivity contribution in [3.05, 3.63) is 11.0 Å². The molecule has 0 aromatic heterocycles. The first-order valence-corrected chi connectivity index (χ1v) is 5.63. The maximum atomic E-state index is 2.52. The number of hydrogen-bond acceptors (Lipinski definition) is 1. The van der Waals surface area contributed by atoms with Crippen molar-refractivity contribution in [3.8, 4) is 0 Å². The SMILES string of the molecule is C[C@@H]1[C@H]2SC(C(C)(C)C)=C[C@]12C. The molecule has 0 nitrogen and oxygen atoms in total. The second kappa shape index (κ2) is 2.12. The summed E-state index contributed by atoms with van der Waals surface area (Å²) in [5.74, 6) is 0.911. The van der Waals surface area contributed by atoms with E-state index in [1.54, 1.807) is 4.91 Å². The van der Waals surface area contributed by atoms with Crippen LogP contribution in [0, 0.1) is 16.7 Å². The van der Waals surface area contributed by atoms with Crippen LogP contribution in [-0.4, -0.2) is 5.25 Å². The highest BCUT2D eigenvalue weighted by atomic mass is 32.2. The summed E-state index contributed by atoms with van der Waals surface area (Å²) in [7, 11) is 0. The summed E-state index contributed by atoms with van der Waals surface area (Å²) >= 11 is 2.11. The van der Waals surface area contributed by atoms with Gasteiger partial charge in [0, 0.05) is 10.7 Å². The molecule has 0 aromatic carbocycles. The second-order valence-corrected chi connectivity index (χ2v) is 6.64. The minimum absolute atomic E-state index is 0.376. The third-order valence-corrected chi connectivity index (χ3v) is 5.53. The van der Waals surface area contributed by atoms with Crippen LogP contribution in [0.3, 0.4) is 0 Å². The van der Waals surface area contributed by atoms with Crippen LogP contribution in [0.5, 0.6) is 0 Å². The molecule has 0 radical (unpaired) electrons. The monoisotopic (exact) mass is 182 g/mol. The zero-order chi connectivity index (χ0) is 9.15. The fourth-order valence-corrected chi connectivity index (χ4v) is 3.90. The molecule has 1 fully saturated rings. The van der Waals surface area contributed by atoms with Gasteiger partial charge >= 0.3 is 0 Å². The molecular weight excluding hydrogens is 164 g/mol. The molecule has 0 N–H and O–H groups in total. The Balaban J connectivity index is 2.21. The van der Waals surface area contributed by atoms with E-state index in [0.717, 1.165) is 11.2 Å². The zero-order valence-electron chi connectivity index (χ0n) is 8.64. The molecule has 1 heteroatoms. The van der Waals surface area contributed by atoms with Gasteiger partial charge in [0.05, 0.1) is 0 Å². The molecule has 0 spiro atoms. The summed E-state index contributed by atoms with van der Waals surface area (Å²) in [5, 5.41) is 0.895. The van der Waals surface area contributed by atoms with Crippen LogP contribution in [-0.2, 0) is 0 Å². The van der Waals surface area contributed by atoms with Crippen LogP contribution in [0.1, 0.15) is 34.6 Å². The van der Waals surface area contributed by atoms with Crippen molar-refractivity contribution in [3.63, 3.8) is 0 Å². The van der Waals surface area contributed by atoms with Crippen molar-refractivity contribution in [2.45, 2.75) is 39.9 Å². The van der Waals surface area contributed by atoms with Gasteiger partial charge in [0.1, 0.15) is 0 Å². The van der Waals surface area contributed by atoms with Gasteiger partial charge in [-0.2, -0.15) is 0 Å². The zero-order valence-corrected chi connectivity index (χ0v) is 9.46. The van der Waals surface area contributed by atoms with Gasteiger partial charge in [-0.05, 0) is 16.2 Å². The van der Waals surface area contributed by atoms with E-state index in [1.807, 2.05) is 0 Å². The summed E-state index contributed by atoms with van der Waals surface area (Å²) in [6.07, 6.45) is 2.52. The van der Waals surface area contributed by atoms with Crippen LogP contribution >= 0.6 is 11.8 Å². The quantitative estimate of drug-likeness (QED) is 0.550. The van der Waals surface area contributed by atoms with E-state index in [1.165, 1.54) is 0 Å². The van der Waals surface area contributed by atoms with E-state index >= 15 is 0 Å². The Labute approximate surface area is 79.8 Å². The lowest BCUT2D eigenvalue weighted by molar-refractivity contribution is 0.524. The third-order valence-electron chi connectivity index (χ3n) is 3.37. The molecule has 1 heterocycles. The molecular formula is C11H18S. The molecule has 68 valence electrons. The van der Waals surface area contributed by atoms with E-state index in [2.05, 4.69) is 52.5 Å². The van der Waals surface area contributed by atoms with Crippen molar-refractivity contribution in [1.29, 1.82) is 0 Å². The van der Waals surface area contributed by atoms with Gasteiger partial charge in [-0.1, -0.05) is 40.7 Å². The van der Waals surface area contributed by atoms with Crippen molar-refractivity contribution in [2.75, 3.05) is 0 Å². The topological polar surface area (TPSA) is 0 Å². The van der Waals surface area contributed by atoms with E-state index in [9.17, 15) is 0 Å². The van der Waals surface area contributed by atoms with Crippen LogP contribution in [0.4, 0.5) is 0 Å². The Hall–Kier alpha value is 0.0900.